The van der Waals surface area contributed by atoms with E-state index in [4.69, 9.17) is 0 Å². The van der Waals surface area contributed by atoms with Crippen molar-refractivity contribution in [3.8, 4) is 0 Å². The van der Waals surface area contributed by atoms with E-state index in [1.165, 1.54) is 11.1 Å². The Morgan fingerprint density at radius 3 is 2.62 bits per heavy atom. The van der Waals surface area contributed by atoms with Gasteiger partial charge in [0.1, 0.15) is 0 Å². The summed E-state index contributed by atoms with van der Waals surface area (Å²) in [7, 11) is 0. The Labute approximate surface area is 82.6 Å². The topological polar surface area (TPSA) is 12.4 Å². The number of aliphatic imine (C=N–C) groups is 1. The second kappa shape index (κ2) is 3.79. The molecular weight excluding hydrogens is 178 g/mol. The molecule has 0 spiro atoms. The molecule has 66 valence electrons. The average Bonchev–Trinajstić information content (AvgIpc) is 2.20. The van der Waals surface area contributed by atoms with Crippen LogP contribution in [0.25, 0.3) is 5.57 Å². The molecule has 1 heterocycles. The largest absolute Gasteiger partial charge is 0.254 e. The Hall–Kier alpha value is -1.02. The van der Waals surface area contributed by atoms with Crippen LogP contribution in [0.4, 0.5) is 0 Å². The molecule has 0 saturated carbocycles. The third-order valence-corrected chi connectivity index (χ3v) is 2.96. The van der Waals surface area contributed by atoms with E-state index in [2.05, 4.69) is 29.3 Å². The van der Waals surface area contributed by atoms with Crippen molar-refractivity contribution in [2.24, 2.45) is 4.99 Å². The van der Waals surface area contributed by atoms with Gasteiger partial charge in [0.2, 0.25) is 0 Å². The monoisotopic (exact) mass is 189 g/mol. The molecule has 13 heavy (non-hydrogen) atoms. The van der Waals surface area contributed by atoms with Gasteiger partial charge < -0.3 is 0 Å². The molecule has 1 aliphatic rings. The lowest BCUT2D eigenvalue weighted by molar-refractivity contribution is 1.49. The highest BCUT2D eigenvalue weighted by molar-refractivity contribution is 8.14. The molecule has 0 fully saturated rings. The quantitative estimate of drug-likeness (QED) is 0.661. The predicted octanol–water partition coefficient (Wildman–Crippen LogP) is 3.19. The molecule has 0 saturated heterocycles. The van der Waals surface area contributed by atoms with E-state index in [0.29, 0.717) is 0 Å². The first-order valence-electron chi connectivity index (χ1n) is 4.28. The zero-order valence-corrected chi connectivity index (χ0v) is 8.34. The fourth-order valence-electron chi connectivity index (χ4n) is 1.24. The Morgan fingerprint density at radius 2 is 2.00 bits per heavy atom. The summed E-state index contributed by atoms with van der Waals surface area (Å²) in [5.74, 6) is 1.04. The normalized spacial score (nSPS) is 16.4. The number of thioether (sulfide) groups is 1. The summed E-state index contributed by atoms with van der Waals surface area (Å²) in [6.45, 7) is 2.04. The van der Waals surface area contributed by atoms with Gasteiger partial charge >= 0.3 is 0 Å². The lowest BCUT2D eigenvalue weighted by Gasteiger charge is -2.10. The van der Waals surface area contributed by atoms with Crippen molar-refractivity contribution in [3.05, 3.63) is 42.1 Å². The molecule has 1 aromatic rings. The van der Waals surface area contributed by atoms with E-state index in [0.717, 1.165) is 10.8 Å². The van der Waals surface area contributed by atoms with Crippen LogP contribution in [-0.2, 0) is 0 Å². The fraction of sp³-hybridized carbons (Fsp3) is 0.182. The van der Waals surface area contributed by atoms with Crippen LogP contribution in [0.15, 0.2) is 41.5 Å². The SMILES string of the molecule is CC1=NC=C(c2ccccc2)CS1. The second-order valence-electron chi connectivity index (χ2n) is 2.96. The van der Waals surface area contributed by atoms with Gasteiger partial charge in [0.25, 0.3) is 0 Å². The first-order valence-corrected chi connectivity index (χ1v) is 5.26. The van der Waals surface area contributed by atoms with Crippen molar-refractivity contribution in [1.82, 2.24) is 0 Å². The summed E-state index contributed by atoms with van der Waals surface area (Å²) in [5, 5.41) is 1.15. The highest BCUT2D eigenvalue weighted by Crippen LogP contribution is 2.24. The minimum absolute atomic E-state index is 1.04. The van der Waals surface area contributed by atoms with Crippen molar-refractivity contribution in [3.63, 3.8) is 0 Å². The van der Waals surface area contributed by atoms with Crippen LogP contribution >= 0.6 is 11.8 Å². The number of rotatable bonds is 1. The van der Waals surface area contributed by atoms with Crippen LogP contribution in [0, 0.1) is 0 Å². The molecule has 2 rings (SSSR count). The molecule has 1 nitrogen and oxygen atoms in total. The van der Waals surface area contributed by atoms with Gasteiger partial charge in [-0.3, -0.25) is 4.99 Å². The minimum atomic E-state index is 1.04. The third-order valence-electron chi connectivity index (χ3n) is 1.98. The Kier molecular flexibility index (Phi) is 2.50. The van der Waals surface area contributed by atoms with E-state index in [1.807, 2.05) is 19.2 Å². The zero-order chi connectivity index (χ0) is 9.10. The maximum Gasteiger partial charge on any atom is 0.0703 e. The fourth-order valence-corrected chi connectivity index (χ4v) is 1.97. The number of hydrogen-bond acceptors (Lipinski definition) is 2. The van der Waals surface area contributed by atoms with Crippen molar-refractivity contribution in [2.45, 2.75) is 6.92 Å². The molecule has 0 unspecified atom stereocenters. The molecule has 1 aromatic carbocycles. The Bertz CT molecular complexity index is 352. The van der Waals surface area contributed by atoms with Crippen molar-refractivity contribution >= 4 is 22.4 Å². The number of benzene rings is 1. The first kappa shape index (κ1) is 8.57. The summed E-state index contributed by atoms with van der Waals surface area (Å²) < 4.78 is 0. The highest BCUT2D eigenvalue weighted by atomic mass is 32.2. The number of nitrogens with zero attached hydrogens (tertiary/aromatic N) is 1. The van der Waals surface area contributed by atoms with Crippen molar-refractivity contribution in [2.75, 3.05) is 5.75 Å². The zero-order valence-electron chi connectivity index (χ0n) is 7.53. The summed E-state index contributed by atoms with van der Waals surface area (Å²) in [6.07, 6.45) is 1.97. The minimum Gasteiger partial charge on any atom is -0.254 e. The molecule has 0 radical (unpaired) electrons. The highest BCUT2D eigenvalue weighted by Gasteiger charge is 2.06. The average molecular weight is 189 g/mol. The van der Waals surface area contributed by atoms with Crippen LogP contribution in [0.3, 0.4) is 0 Å². The maximum absolute atomic E-state index is 4.31. The van der Waals surface area contributed by atoms with Gasteiger partial charge in [-0.1, -0.05) is 30.3 Å². The lowest BCUT2D eigenvalue weighted by atomic mass is 10.1. The van der Waals surface area contributed by atoms with Gasteiger partial charge in [0.05, 0.1) is 5.04 Å². The number of hydrogen-bond donors (Lipinski definition) is 0. The molecular formula is C11H11NS. The van der Waals surface area contributed by atoms with E-state index in [9.17, 15) is 0 Å². The van der Waals surface area contributed by atoms with Crippen LogP contribution in [-0.4, -0.2) is 10.8 Å². The van der Waals surface area contributed by atoms with Gasteiger partial charge in [0, 0.05) is 12.0 Å². The van der Waals surface area contributed by atoms with Gasteiger partial charge in [-0.05, 0) is 18.1 Å². The van der Waals surface area contributed by atoms with E-state index in [-0.39, 0.29) is 0 Å². The molecule has 1 aliphatic heterocycles. The summed E-state index contributed by atoms with van der Waals surface area (Å²) >= 11 is 1.80. The molecule has 0 aromatic heterocycles. The molecule has 0 aliphatic carbocycles. The van der Waals surface area contributed by atoms with Gasteiger partial charge in [-0.25, -0.2) is 0 Å². The third kappa shape index (κ3) is 2.01. The van der Waals surface area contributed by atoms with Crippen LogP contribution in [0.5, 0.6) is 0 Å². The first-order chi connectivity index (χ1) is 6.36. The smallest absolute Gasteiger partial charge is 0.0703 e. The summed E-state index contributed by atoms with van der Waals surface area (Å²) in [4.78, 5) is 4.31. The molecule has 0 amide bonds. The Balaban J connectivity index is 2.29. The standard InChI is InChI=1S/C11H11NS/c1-9-12-7-11(8-13-9)10-5-3-2-4-6-10/h2-7H,8H2,1H3. The summed E-state index contributed by atoms with van der Waals surface area (Å²) in [5.41, 5.74) is 2.60. The van der Waals surface area contributed by atoms with Crippen LogP contribution < -0.4 is 0 Å². The van der Waals surface area contributed by atoms with E-state index < -0.39 is 0 Å². The second-order valence-corrected chi connectivity index (χ2v) is 4.13. The maximum atomic E-state index is 4.31. The summed E-state index contributed by atoms with van der Waals surface area (Å²) in [6, 6.07) is 10.4. The van der Waals surface area contributed by atoms with Gasteiger partial charge in [0.15, 0.2) is 0 Å². The molecule has 0 N–H and O–H groups in total. The lowest BCUT2D eigenvalue weighted by Crippen LogP contribution is -1.96. The molecule has 0 atom stereocenters. The van der Waals surface area contributed by atoms with Crippen molar-refractivity contribution in [1.29, 1.82) is 0 Å². The van der Waals surface area contributed by atoms with Crippen molar-refractivity contribution < 1.29 is 0 Å². The van der Waals surface area contributed by atoms with E-state index >= 15 is 0 Å². The molecule has 0 bridgehead atoms. The van der Waals surface area contributed by atoms with Gasteiger partial charge in [-0.15, -0.1) is 11.8 Å². The Morgan fingerprint density at radius 1 is 1.23 bits per heavy atom. The van der Waals surface area contributed by atoms with Gasteiger partial charge in [-0.2, -0.15) is 0 Å². The van der Waals surface area contributed by atoms with Crippen LogP contribution in [0.2, 0.25) is 0 Å². The predicted molar refractivity (Wildman–Crippen MR) is 60.0 cm³/mol. The van der Waals surface area contributed by atoms with E-state index in [1.54, 1.807) is 11.8 Å². The van der Waals surface area contributed by atoms with Crippen LogP contribution in [0.1, 0.15) is 12.5 Å². The molecule has 2 heteroatoms.